The molecular formula is C18H32N2O. The van der Waals surface area contributed by atoms with Crippen LogP contribution in [0.2, 0.25) is 0 Å². The first-order chi connectivity index (χ1) is 10.1. The summed E-state index contributed by atoms with van der Waals surface area (Å²) in [5, 5.41) is 13.9. The Morgan fingerprint density at radius 1 is 1.05 bits per heavy atom. The third-order valence-corrected chi connectivity index (χ3v) is 4.55. The molecule has 3 heteroatoms. The Hall–Kier alpha value is -0.900. The Bertz CT molecular complexity index is 372. The largest absolute Gasteiger partial charge is 0.389 e. The Balaban J connectivity index is 2.71. The molecule has 1 rings (SSSR count). The lowest BCUT2D eigenvalue weighted by Crippen LogP contribution is -2.43. The molecule has 0 saturated carbocycles. The summed E-state index contributed by atoms with van der Waals surface area (Å²) < 4.78 is 0. The van der Waals surface area contributed by atoms with Crippen molar-refractivity contribution < 1.29 is 5.11 Å². The number of aliphatic hydroxyl groups is 1. The fourth-order valence-electron chi connectivity index (χ4n) is 2.74. The molecule has 0 heterocycles. The number of nitrogens with zero attached hydrogens (tertiary/aromatic N) is 1. The quantitative estimate of drug-likeness (QED) is 0.695. The van der Waals surface area contributed by atoms with Crippen molar-refractivity contribution in [2.45, 2.75) is 52.2 Å². The van der Waals surface area contributed by atoms with E-state index in [0.29, 0.717) is 12.6 Å². The fourth-order valence-corrected chi connectivity index (χ4v) is 2.74. The van der Waals surface area contributed by atoms with E-state index in [-0.39, 0.29) is 0 Å². The molecule has 1 aromatic rings. The summed E-state index contributed by atoms with van der Waals surface area (Å²) in [6.45, 7) is 12.1. The number of hydrogen-bond donors (Lipinski definition) is 2. The maximum Gasteiger partial charge on any atom is 0.0766 e. The van der Waals surface area contributed by atoms with E-state index in [9.17, 15) is 5.11 Å². The first-order valence-corrected chi connectivity index (χ1v) is 8.32. The average Bonchev–Trinajstić information content (AvgIpc) is 2.55. The molecule has 0 aromatic heterocycles. The lowest BCUT2D eigenvalue weighted by molar-refractivity contribution is 0.0307. The Morgan fingerprint density at radius 3 is 2.10 bits per heavy atom. The van der Waals surface area contributed by atoms with Gasteiger partial charge in [-0.1, -0.05) is 58.0 Å². The molecule has 1 unspecified atom stereocenters. The van der Waals surface area contributed by atoms with E-state index in [1.165, 1.54) is 5.56 Å². The summed E-state index contributed by atoms with van der Waals surface area (Å²) in [7, 11) is 0. The van der Waals surface area contributed by atoms with E-state index in [4.69, 9.17) is 0 Å². The highest BCUT2D eigenvalue weighted by molar-refractivity contribution is 5.19. The van der Waals surface area contributed by atoms with E-state index < -0.39 is 5.60 Å². The van der Waals surface area contributed by atoms with Gasteiger partial charge in [-0.3, -0.25) is 4.90 Å². The molecule has 0 aliphatic rings. The van der Waals surface area contributed by atoms with Gasteiger partial charge in [0.2, 0.25) is 0 Å². The third kappa shape index (κ3) is 5.42. The van der Waals surface area contributed by atoms with E-state index in [1.54, 1.807) is 0 Å². The van der Waals surface area contributed by atoms with Crippen LogP contribution in [-0.2, 0) is 0 Å². The summed E-state index contributed by atoms with van der Waals surface area (Å²) in [6, 6.07) is 11.0. The number of nitrogens with one attached hydrogen (secondary N) is 1. The van der Waals surface area contributed by atoms with Gasteiger partial charge < -0.3 is 10.4 Å². The Kier molecular flexibility index (Phi) is 7.94. The highest BCUT2D eigenvalue weighted by atomic mass is 16.3. The molecule has 0 aliphatic carbocycles. The van der Waals surface area contributed by atoms with Crippen molar-refractivity contribution in [1.82, 2.24) is 10.2 Å². The second-order valence-electron chi connectivity index (χ2n) is 5.71. The van der Waals surface area contributed by atoms with Crippen LogP contribution in [-0.4, -0.2) is 41.8 Å². The molecule has 0 aliphatic heterocycles. The monoisotopic (exact) mass is 292 g/mol. The van der Waals surface area contributed by atoms with Crippen LogP contribution >= 0.6 is 0 Å². The second kappa shape index (κ2) is 9.19. The van der Waals surface area contributed by atoms with Crippen molar-refractivity contribution in [3.63, 3.8) is 0 Å². The summed E-state index contributed by atoms with van der Waals surface area (Å²) in [5.41, 5.74) is 0.759. The van der Waals surface area contributed by atoms with Crippen molar-refractivity contribution >= 4 is 0 Å². The van der Waals surface area contributed by atoms with Crippen molar-refractivity contribution in [3.8, 4) is 0 Å². The molecule has 0 amide bonds. The normalized spacial score (nSPS) is 13.6. The predicted molar refractivity (Wildman–Crippen MR) is 90.5 cm³/mol. The molecule has 21 heavy (non-hydrogen) atoms. The number of benzene rings is 1. The highest BCUT2D eigenvalue weighted by Gasteiger charge is 2.23. The molecule has 2 N–H and O–H groups in total. The summed E-state index contributed by atoms with van der Waals surface area (Å²) in [6.07, 6.45) is 1.58. The first-order valence-electron chi connectivity index (χ1n) is 8.32. The number of likely N-dealkylation sites (N-methyl/N-ethyl adjacent to an activating group) is 1. The van der Waals surface area contributed by atoms with Gasteiger partial charge in [-0.25, -0.2) is 0 Å². The lowest BCUT2D eigenvalue weighted by atomic mass is 9.97. The topological polar surface area (TPSA) is 35.5 Å². The van der Waals surface area contributed by atoms with Gasteiger partial charge in [-0.2, -0.15) is 0 Å². The Morgan fingerprint density at radius 2 is 1.62 bits per heavy atom. The van der Waals surface area contributed by atoms with Crippen LogP contribution in [0.25, 0.3) is 0 Å². The standard InChI is InChI=1S/C18H32N2O/c1-5-18(21,6-2)15-19-14-17(20(7-3)8-4)16-12-10-9-11-13-16/h9-13,17,19,21H,5-8,14-15H2,1-4H3. The van der Waals surface area contributed by atoms with Gasteiger partial charge in [-0.15, -0.1) is 0 Å². The van der Waals surface area contributed by atoms with Crippen molar-refractivity contribution in [1.29, 1.82) is 0 Å². The van der Waals surface area contributed by atoms with Gasteiger partial charge in [0, 0.05) is 19.1 Å². The van der Waals surface area contributed by atoms with Gasteiger partial charge in [0.25, 0.3) is 0 Å². The van der Waals surface area contributed by atoms with E-state index in [1.807, 2.05) is 13.8 Å². The molecule has 1 atom stereocenters. The minimum Gasteiger partial charge on any atom is -0.389 e. The smallest absolute Gasteiger partial charge is 0.0766 e. The van der Waals surface area contributed by atoms with Gasteiger partial charge >= 0.3 is 0 Å². The van der Waals surface area contributed by atoms with Gasteiger partial charge in [0.15, 0.2) is 0 Å². The molecule has 0 radical (unpaired) electrons. The van der Waals surface area contributed by atoms with Crippen LogP contribution in [0.15, 0.2) is 30.3 Å². The zero-order valence-corrected chi connectivity index (χ0v) is 14.1. The number of hydrogen-bond acceptors (Lipinski definition) is 3. The minimum absolute atomic E-state index is 0.360. The third-order valence-electron chi connectivity index (χ3n) is 4.55. The Labute approximate surface area is 130 Å². The zero-order valence-electron chi connectivity index (χ0n) is 14.1. The van der Waals surface area contributed by atoms with Crippen LogP contribution in [0.4, 0.5) is 0 Å². The molecular weight excluding hydrogens is 260 g/mol. The zero-order chi connectivity index (χ0) is 15.7. The maximum atomic E-state index is 10.4. The molecule has 3 nitrogen and oxygen atoms in total. The lowest BCUT2D eigenvalue weighted by Gasteiger charge is -2.32. The van der Waals surface area contributed by atoms with Crippen LogP contribution in [0.5, 0.6) is 0 Å². The van der Waals surface area contributed by atoms with Gasteiger partial charge in [-0.05, 0) is 31.5 Å². The van der Waals surface area contributed by atoms with E-state index >= 15 is 0 Å². The fraction of sp³-hybridized carbons (Fsp3) is 0.667. The average molecular weight is 292 g/mol. The van der Waals surface area contributed by atoms with Gasteiger partial charge in [0.1, 0.15) is 0 Å². The molecule has 1 aromatic carbocycles. The highest BCUT2D eigenvalue weighted by Crippen LogP contribution is 2.20. The van der Waals surface area contributed by atoms with E-state index in [2.05, 4.69) is 54.4 Å². The number of rotatable bonds is 10. The second-order valence-corrected chi connectivity index (χ2v) is 5.71. The van der Waals surface area contributed by atoms with E-state index in [0.717, 1.165) is 32.5 Å². The predicted octanol–water partition coefficient (Wildman–Crippen LogP) is 3.21. The van der Waals surface area contributed by atoms with Crippen molar-refractivity contribution in [3.05, 3.63) is 35.9 Å². The van der Waals surface area contributed by atoms with Crippen molar-refractivity contribution in [2.24, 2.45) is 0 Å². The first kappa shape index (κ1) is 18.1. The maximum absolute atomic E-state index is 10.4. The van der Waals surface area contributed by atoms with Gasteiger partial charge in [0.05, 0.1) is 5.60 Å². The molecule has 0 bridgehead atoms. The van der Waals surface area contributed by atoms with Crippen LogP contribution in [0, 0.1) is 0 Å². The van der Waals surface area contributed by atoms with Crippen molar-refractivity contribution in [2.75, 3.05) is 26.2 Å². The summed E-state index contributed by atoms with van der Waals surface area (Å²) in [4.78, 5) is 2.46. The molecule has 0 spiro atoms. The SMILES string of the molecule is CCN(CC)C(CNCC(O)(CC)CC)c1ccccc1. The minimum atomic E-state index is -0.579. The summed E-state index contributed by atoms with van der Waals surface area (Å²) in [5.74, 6) is 0. The van der Waals surface area contributed by atoms with Crippen LogP contribution < -0.4 is 5.32 Å². The van der Waals surface area contributed by atoms with Crippen LogP contribution in [0.3, 0.4) is 0 Å². The molecule has 0 fully saturated rings. The molecule has 120 valence electrons. The van der Waals surface area contributed by atoms with Crippen LogP contribution in [0.1, 0.15) is 52.1 Å². The summed E-state index contributed by atoms with van der Waals surface area (Å²) >= 11 is 0. The molecule has 0 saturated heterocycles.